The molecule has 7 aromatic carbocycles. The van der Waals surface area contributed by atoms with Crippen LogP contribution < -0.4 is 31.3 Å². The second-order valence-electron chi connectivity index (χ2n) is 32.4. The molecule has 32 nitrogen and oxygen atoms in total. The van der Waals surface area contributed by atoms with Crippen LogP contribution in [0.15, 0.2) is 275 Å². The number of para-hydroxylation sites is 1. The van der Waals surface area contributed by atoms with Gasteiger partial charge in [-0.1, -0.05) is 147 Å². The van der Waals surface area contributed by atoms with Gasteiger partial charge in [0.1, 0.15) is 63.0 Å². The van der Waals surface area contributed by atoms with Crippen molar-refractivity contribution in [3.8, 4) is 27.6 Å². The Morgan fingerprint density at radius 2 is 0.921 bits per heavy atom. The normalized spacial score (nSPS) is 16.0. The summed E-state index contributed by atoms with van der Waals surface area (Å²) in [5.74, 6) is 3.13. The highest BCUT2D eigenvalue weighted by Gasteiger charge is 2.42. The minimum Gasteiger partial charge on any atom is -0.497 e. The fourth-order valence-corrected chi connectivity index (χ4v) is 21.9. The highest BCUT2D eigenvalue weighted by molar-refractivity contribution is 9.11. The fraction of sp³-hybridized carbons (Fsp3) is 0.149. The first-order valence-corrected chi connectivity index (χ1v) is 47.7. The zero-order chi connectivity index (χ0) is 95.5. The number of halogens is 3. The van der Waals surface area contributed by atoms with Crippen molar-refractivity contribution in [1.29, 1.82) is 0 Å². The van der Waals surface area contributed by atoms with E-state index in [1.165, 1.54) is 0 Å². The molecular weight excluding hydrogens is 1920 g/mol. The number of methoxy groups -OCH3 is 2. The number of ether oxygens (including phenoxy) is 2. The first-order chi connectivity index (χ1) is 68.2. The van der Waals surface area contributed by atoms with Crippen molar-refractivity contribution in [3.05, 3.63) is 405 Å². The van der Waals surface area contributed by atoms with Gasteiger partial charge in [-0.3, -0.25) is 25.5 Å². The standard InChI is InChI=1S/C23H21ClN4O.C23H17N7O2.C20H17ClN4S.C18H12N6OS.C17H9BrN6OS/c1-4-7-18-22(25-2)19(16-8-5-6-9-17(16)24)20-21(27-28-23(20)26-18)14-10-12-15(29-3)13-11-14;1-24-22-19(14-7-5-8-17-20(14)29-32-28-17)15-10-25-27-23(15)26-21(22)16-11-30(12-31-2)18-9-4-3-6-13(16)18;1-3-7-14-18(22-2)16(12-8-4-5-9-13(12)21)17-19(15-10-6-11-26-15)24-25-20(17)23-14;1-9-6-7-26-17(9)16-15(19-2)13(11-8-20-22-18(11)21-16)10-4-3-5-12-14(10)24-25-23-12;1-19-16-13(8-3-2-4-10-14(8)24-25-23-10)9-7-20-22-17(9)21-15(16)11-5-6-12(18)26-11/h5-6,8-13,19H,4,7H2,1,3H3,(H2,26,27,28);3-11,19H,12H2,2H3,(H2,25,26,27);4-6,8-11,16H,3,7H2,1H3,(H2,23,24,25);3-8,13H,1H3,(H2,20,21,22);2-7,13H,(H2,20,21,22). The van der Waals surface area contributed by atoms with E-state index in [1.54, 1.807) is 66.8 Å². The number of aryl methyl sites for hydroxylation is 1. The number of hydrogen-bond donors (Lipinski definition) is 10. The summed E-state index contributed by atoms with van der Waals surface area (Å²) in [6.45, 7) is 46.3. The lowest BCUT2D eigenvalue weighted by Gasteiger charge is -2.27. The molecule has 0 aliphatic carbocycles. The van der Waals surface area contributed by atoms with E-state index in [9.17, 15) is 0 Å². The molecule has 5 atom stereocenters. The number of aromatic nitrogens is 17. The molecular formula is C101H76BrCl2N27O5S3. The van der Waals surface area contributed by atoms with Crippen LogP contribution in [-0.4, -0.2) is 101 Å². The Labute approximate surface area is 823 Å². The quantitative estimate of drug-likeness (QED) is 0.0379. The number of aromatic amines is 5. The smallest absolute Gasteiger partial charge is 0.201 e. The molecule has 139 heavy (non-hydrogen) atoms. The molecule has 0 fully saturated rings. The number of hydrogen-bond acceptors (Lipinski definition) is 24. The van der Waals surface area contributed by atoms with Gasteiger partial charge in [0.25, 0.3) is 0 Å². The molecule has 0 saturated heterocycles. The van der Waals surface area contributed by atoms with Crippen LogP contribution in [0, 0.1) is 39.8 Å². The molecule has 0 radical (unpaired) electrons. The summed E-state index contributed by atoms with van der Waals surface area (Å²) < 4.78 is 28.5. The summed E-state index contributed by atoms with van der Waals surface area (Å²) in [6, 6.07) is 58.5. The maximum atomic E-state index is 8.12. The molecule has 0 spiro atoms. The second-order valence-corrected chi connectivity index (χ2v) is 37.5. The van der Waals surface area contributed by atoms with Gasteiger partial charge >= 0.3 is 0 Å². The average Bonchev–Trinajstić information content (AvgIpc) is 1.60. The largest absolute Gasteiger partial charge is 0.497 e. The lowest BCUT2D eigenvalue weighted by molar-refractivity contribution is 0.135. The van der Waals surface area contributed by atoms with Crippen LogP contribution in [0.5, 0.6) is 5.75 Å². The molecule has 0 amide bonds. The lowest BCUT2D eigenvalue weighted by atomic mass is 9.83. The third-order valence-corrected chi connectivity index (χ3v) is 28.7. The van der Waals surface area contributed by atoms with Crippen molar-refractivity contribution in [3.63, 3.8) is 0 Å². The molecule has 5 unspecified atom stereocenters. The second kappa shape index (κ2) is 39.4. The molecule has 684 valence electrons. The maximum absolute atomic E-state index is 8.12. The van der Waals surface area contributed by atoms with Crippen LogP contribution in [0.25, 0.3) is 107 Å². The van der Waals surface area contributed by atoms with Gasteiger partial charge < -0.3 is 40.6 Å². The molecule has 10 N–H and O–H groups in total. The van der Waals surface area contributed by atoms with Gasteiger partial charge in [0.15, 0.2) is 23.0 Å². The predicted octanol–water partition coefficient (Wildman–Crippen LogP) is 25.6. The third kappa shape index (κ3) is 16.8. The zero-order valence-corrected chi connectivity index (χ0v) is 79.8. The van der Waals surface area contributed by atoms with Gasteiger partial charge in [-0.25, -0.2) is 38.1 Å². The van der Waals surface area contributed by atoms with Crippen molar-refractivity contribution < 1.29 is 23.4 Å². The Kier molecular flexibility index (Phi) is 25.6. The molecule has 12 aromatic heterocycles. The van der Waals surface area contributed by atoms with Crippen LogP contribution in [0.2, 0.25) is 10.0 Å². The predicted molar refractivity (Wildman–Crippen MR) is 542 cm³/mol. The highest BCUT2D eigenvalue weighted by Crippen LogP contribution is 2.55. The number of thiophene rings is 3. The zero-order valence-electron chi connectivity index (χ0n) is 74.2. The van der Waals surface area contributed by atoms with Crippen molar-refractivity contribution in [1.82, 2.24) is 86.5 Å². The van der Waals surface area contributed by atoms with E-state index in [1.807, 2.05) is 198 Å². The SMILES string of the molecule is [C-]#[N+]C1=C(CCC)Nc2n[nH]c(-c3ccc(OC)cc3)c2C1c1ccccc1Cl.[C-]#[N+]C1=C(CCC)Nc2n[nH]c(-c3cccs3)c2C1c1ccccc1Cl.[C-]#[N+]C1=C(c2ccc(Br)s2)Nc2[nH]ncc2C1c1cccc2nonc12.[C-]#[N+]C1=C(c2cn(COC)c3ccccc23)Nc2[nH]ncc2C1c1cccc2nonc12.[C-]#[N+]C1=C(c2sccc2C)Nc2[nH]ncc2C1c1cccc2nonc12. The van der Waals surface area contributed by atoms with Crippen LogP contribution in [0.3, 0.4) is 0 Å². The van der Waals surface area contributed by atoms with Crippen molar-refractivity contribution in [2.45, 2.75) is 82.8 Å². The number of rotatable bonds is 17. The summed E-state index contributed by atoms with van der Waals surface area (Å²) in [5.41, 5.74) is 26.1. The topological polar surface area (TPSA) is 365 Å². The molecule has 0 saturated carbocycles. The summed E-state index contributed by atoms with van der Waals surface area (Å²) in [5, 5.41) is 84.3. The van der Waals surface area contributed by atoms with E-state index in [4.69, 9.17) is 79.4 Å². The van der Waals surface area contributed by atoms with Crippen LogP contribution >= 0.6 is 73.1 Å². The van der Waals surface area contributed by atoms with Crippen LogP contribution in [0.4, 0.5) is 29.1 Å². The number of anilines is 5. The minimum atomic E-state index is -0.377. The van der Waals surface area contributed by atoms with E-state index in [0.717, 1.165) is 202 Å². The number of nitrogens with zero attached hydrogens (tertiary/aromatic N) is 17. The molecule has 19 aromatic rings. The number of H-pyrrole nitrogens is 5. The number of fused-ring (bicyclic) bond motifs is 9. The van der Waals surface area contributed by atoms with E-state index < -0.39 is 0 Å². The van der Waals surface area contributed by atoms with Crippen molar-refractivity contribution >= 4 is 163 Å². The van der Waals surface area contributed by atoms with Gasteiger partial charge in [-0.15, -0.1) is 34.0 Å². The van der Waals surface area contributed by atoms with Gasteiger partial charge in [0, 0.05) is 88.8 Å². The van der Waals surface area contributed by atoms with Gasteiger partial charge in [0.05, 0.1) is 131 Å². The molecule has 17 heterocycles. The number of allylic oxidation sites excluding steroid dienone is 7. The molecule has 24 rings (SSSR count). The van der Waals surface area contributed by atoms with Crippen LogP contribution in [0.1, 0.15) is 146 Å². The Morgan fingerprint density at radius 3 is 1.39 bits per heavy atom. The highest BCUT2D eigenvalue weighted by atomic mass is 79.9. The minimum absolute atomic E-state index is 0.227. The average molecular weight is 1990 g/mol. The van der Waals surface area contributed by atoms with E-state index >= 15 is 0 Å². The Morgan fingerprint density at radius 1 is 0.446 bits per heavy atom. The maximum Gasteiger partial charge on any atom is 0.201 e. The molecule has 38 heteroatoms. The molecule has 5 aliphatic rings. The summed E-state index contributed by atoms with van der Waals surface area (Å²) in [7, 11) is 3.31. The van der Waals surface area contributed by atoms with Crippen molar-refractivity contribution in [2.75, 3.05) is 40.8 Å². The molecule has 5 aliphatic heterocycles. The van der Waals surface area contributed by atoms with Gasteiger partial charge in [0.2, 0.25) is 17.1 Å². The Bertz CT molecular complexity index is 8320. The number of nitrogens with one attached hydrogen (secondary N) is 10. The van der Waals surface area contributed by atoms with Crippen molar-refractivity contribution in [2.24, 2.45) is 0 Å². The monoisotopic (exact) mass is 1990 g/mol. The van der Waals surface area contributed by atoms with Crippen LogP contribution in [-0.2, 0) is 11.5 Å². The number of benzene rings is 7. The summed E-state index contributed by atoms with van der Waals surface area (Å²) in [4.78, 5) is 22.8. The van der Waals surface area contributed by atoms with E-state index in [0.29, 0.717) is 78.4 Å². The summed E-state index contributed by atoms with van der Waals surface area (Å²) >= 11 is 21.4. The van der Waals surface area contributed by atoms with Gasteiger partial charge in [-0.2, -0.15) is 25.5 Å². The van der Waals surface area contributed by atoms with E-state index in [2.05, 4.69) is 175 Å². The third-order valence-electron chi connectivity index (χ3n) is 24.5. The van der Waals surface area contributed by atoms with Gasteiger partial charge in [-0.05, 0) is 196 Å². The first-order valence-electron chi connectivity index (χ1n) is 43.6. The first kappa shape index (κ1) is 90.2. The lowest BCUT2D eigenvalue weighted by Crippen LogP contribution is -2.18. The van der Waals surface area contributed by atoms with E-state index in [-0.39, 0.29) is 29.6 Å². The Balaban J connectivity index is 0.000000107. The fourth-order valence-electron chi connectivity index (χ4n) is 18.4. The molecule has 0 bridgehead atoms. The Hall–Kier alpha value is -16.6. The summed E-state index contributed by atoms with van der Waals surface area (Å²) in [6.07, 6.45) is 10.7.